The number of hydrogen-bond donors (Lipinski definition) is 4. The number of carbonyl (C=O) groups is 2. The van der Waals surface area contributed by atoms with E-state index in [1.807, 2.05) is 12.1 Å². The zero-order valence-electron chi connectivity index (χ0n) is 8.71. The number of rotatable bonds is 2. The Bertz CT molecular complexity index is 367. The molecule has 5 N–H and O–H groups in total. The summed E-state index contributed by atoms with van der Waals surface area (Å²) in [5.74, 6) is -3.65. The maximum absolute atomic E-state index is 9.10. The average molecular weight is 262 g/mol. The van der Waals surface area contributed by atoms with Crippen LogP contribution in [0.2, 0.25) is 5.02 Å². The lowest BCUT2D eigenvalue weighted by Gasteiger charge is -2.07. The van der Waals surface area contributed by atoms with E-state index in [1.54, 1.807) is 12.1 Å². The molecule has 17 heavy (non-hydrogen) atoms. The van der Waals surface area contributed by atoms with Crippen LogP contribution in [0, 0.1) is 0 Å². The third kappa shape index (κ3) is 6.52. The maximum Gasteiger partial charge on any atom is 0.414 e. The van der Waals surface area contributed by atoms with E-state index < -0.39 is 11.9 Å². The highest BCUT2D eigenvalue weighted by Crippen LogP contribution is 2.13. The van der Waals surface area contributed by atoms with Crippen molar-refractivity contribution in [1.82, 2.24) is 0 Å². The summed E-state index contributed by atoms with van der Waals surface area (Å²) < 4.78 is 0. The Labute approximate surface area is 102 Å². The van der Waals surface area contributed by atoms with Crippen LogP contribution >= 0.6 is 11.6 Å². The van der Waals surface area contributed by atoms with Gasteiger partial charge in [-0.1, -0.05) is 23.7 Å². The summed E-state index contributed by atoms with van der Waals surface area (Å²) >= 11 is 5.66. The number of hydrogen-bond acceptors (Lipinski definition) is 4. The molecule has 0 aromatic heterocycles. The minimum Gasteiger partial charge on any atom is -0.473 e. The van der Waals surface area contributed by atoms with E-state index in [0.717, 1.165) is 5.56 Å². The topological polar surface area (TPSA) is 121 Å². The van der Waals surface area contributed by atoms with Crippen LogP contribution in [0.1, 0.15) is 11.6 Å². The highest BCUT2D eigenvalue weighted by molar-refractivity contribution is 6.30. The van der Waals surface area contributed by atoms with Crippen LogP contribution in [-0.4, -0.2) is 33.9 Å². The van der Waals surface area contributed by atoms with Crippen molar-refractivity contribution >= 4 is 23.5 Å². The highest BCUT2D eigenvalue weighted by atomic mass is 35.5. The Hall–Kier alpha value is -1.63. The largest absolute Gasteiger partial charge is 0.473 e. The fourth-order valence-corrected chi connectivity index (χ4v) is 0.941. The van der Waals surface area contributed by atoms with Gasteiger partial charge in [0.2, 0.25) is 0 Å². The molecule has 0 bridgehead atoms. The second-order valence-corrected chi connectivity index (χ2v) is 3.39. The Balaban J connectivity index is 0.000000366. The Morgan fingerprint density at radius 2 is 1.59 bits per heavy atom. The summed E-state index contributed by atoms with van der Waals surface area (Å²) in [7, 11) is 0. The number of aliphatic carboxylic acids is 2. The first-order chi connectivity index (χ1) is 7.88. The number of halogens is 1. The quantitative estimate of drug-likeness (QED) is 0.575. The second-order valence-electron chi connectivity index (χ2n) is 2.95. The molecule has 1 atom stereocenters. The van der Waals surface area contributed by atoms with Crippen molar-refractivity contribution in [3.05, 3.63) is 34.9 Å². The lowest BCUT2D eigenvalue weighted by molar-refractivity contribution is -0.159. The molecule has 0 heterocycles. The van der Waals surface area contributed by atoms with Crippen molar-refractivity contribution in [1.29, 1.82) is 0 Å². The maximum atomic E-state index is 9.10. The van der Waals surface area contributed by atoms with Gasteiger partial charge in [-0.2, -0.15) is 0 Å². The van der Waals surface area contributed by atoms with Gasteiger partial charge in [0.05, 0.1) is 12.6 Å². The molecular weight excluding hydrogens is 250 g/mol. The fraction of sp³-hybridized carbons (Fsp3) is 0.200. The van der Waals surface area contributed by atoms with Crippen molar-refractivity contribution in [3.8, 4) is 0 Å². The first-order valence-electron chi connectivity index (χ1n) is 4.46. The summed E-state index contributed by atoms with van der Waals surface area (Å²) in [6.07, 6.45) is 0. The lowest BCUT2D eigenvalue weighted by Crippen LogP contribution is -2.13. The van der Waals surface area contributed by atoms with Crippen molar-refractivity contribution in [2.75, 3.05) is 6.61 Å². The molecule has 7 heteroatoms. The van der Waals surface area contributed by atoms with Gasteiger partial charge in [0.15, 0.2) is 0 Å². The molecular formula is C10H12ClNO5. The van der Waals surface area contributed by atoms with E-state index in [9.17, 15) is 0 Å². The molecule has 0 saturated carbocycles. The minimum absolute atomic E-state index is 0.0400. The average Bonchev–Trinajstić information content (AvgIpc) is 2.29. The molecule has 0 fully saturated rings. The van der Waals surface area contributed by atoms with Crippen LogP contribution in [0.4, 0.5) is 0 Å². The standard InChI is InChI=1S/C8H10ClNO.C2H2O4/c9-7-3-1-6(2-4-7)8(10)5-11;3-1(4)2(5)6/h1-4,8,11H,5,10H2;(H,3,4)(H,5,6). The van der Waals surface area contributed by atoms with Crippen molar-refractivity contribution in [2.45, 2.75) is 6.04 Å². The fourth-order valence-electron chi connectivity index (χ4n) is 0.815. The van der Waals surface area contributed by atoms with Gasteiger partial charge in [0.1, 0.15) is 0 Å². The molecule has 0 spiro atoms. The van der Waals surface area contributed by atoms with Crippen LogP contribution in [0.5, 0.6) is 0 Å². The van der Waals surface area contributed by atoms with Gasteiger partial charge in [-0.3, -0.25) is 0 Å². The summed E-state index contributed by atoms with van der Waals surface area (Å²) in [5, 5.41) is 24.2. The molecule has 1 aromatic carbocycles. The molecule has 1 aromatic rings. The number of benzene rings is 1. The molecule has 1 rings (SSSR count). The summed E-state index contributed by atoms with van der Waals surface area (Å²) in [6, 6.07) is 6.83. The van der Waals surface area contributed by atoms with E-state index in [-0.39, 0.29) is 12.6 Å². The second kappa shape index (κ2) is 7.61. The summed E-state index contributed by atoms with van der Waals surface area (Å²) in [5.41, 5.74) is 6.45. The van der Waals surface area contributed by atoms with Crippen LogP contribution in [0.3, 0.4) is 0 Å². The van der Waals surface area contributed by atoms with Crippen molar-refractivity contribution in [2.24, 2.45) is 5.73 Å². The van der Waals surface area contributed by atoms with Gasteiger partial charge in [-0.25, -0.2) is 9.59 Å². The molecule has 0 saturated heterocycles. The molecule has 0 aliphatic rings. The van der Waals surface area contributed by atoms with Gasteiger partial charge >= 0.3 is 11.9 Å². The van der Waals surface area contributed by atoms with E-state index in [0.29, 0.717) is 5.02 Å². The first-order valence-corrected chi connectivity index (χ1v) is 4.84. The Morgan fingerprint density at radius 3 is 1.88 bits per heavy atom. The van der Waals surface area contributed by atoms with Gasteiger partial charge in [-0.05, 0) is 17.7 Å². The normalized spacial score (nSPS) is 11.0. The molecule has 6 nitrogen and oxygen atoms in total. The van der Waals surface area contributed by atoms with Crippen LogP contribution in [0.25, 0.3) is 0 Å². The zero-order chi connectivity index (χ0) is 13.4. The van der Waals surface area contributed by atoms with Crippen LogP contribution < -0.4 is 5.73 Å². The Kier molecular flexibility index (Phi) is 6.88. The number of aliphatic hydroxyl groups is 1. The molecule has 1 unspecified atom stereocenters. The van der Waals surface area contributed by atoms with Crippen molar-refractivity contribution < 1.29 is 24.9 Å². The summed E-state index contributed by atoms with van der Waals surface area (Å²) in [4.78, 5) is 18.2. The lowest BCUT2D eigenvalue weighted by atomic mass is 10.1. The van der Waals surface area contributed by atoms with Gasteiger partial charge in [-0.15, -0.1) is 0 Å². The summed E-state index contributed by atoms with van der Waals surface area (Å²) in [6.45, 7) is -0.0400. The number of carboxylic acids is 2. The minimum atomic E-state index is -1.82. The van der Waals surface area contributed by atoms with E-state index in [2.05, 4.69) is 0 Å². The SMILES string of the molecule is NC(CO)c1ccc(Cl)cc1.O=C(O)C(=O)O. The molecule has 0 aliphatic heterocycles. The molecule has 0 radical (unpaired) electrons. The highest BCUT2D eigenvalue weighted by Gasteiger charge is 2.04. The Morgan fingerprint density at radius 1 is 1.18 bits per heavy atom. The molecule has 0 amide bonds. The predicted octanol–water partition coefficient (Wildman–Crippen LogP) is 0.488. The predicted molar refractivity (Wildman–Crippen MR) is 60.7 cm³/mol. The first kappa shape index (κ1) is 15.4. The molecule has 94 valence electrons. The molecule has 0 aliphatic carbocycles. The van der Waals surface area contributed by atoms with Crippen molar-refractivity contribution in [3.63, 3.8) is 0 Å². The van der Waals surface area contributed by atoms with E-state index >= 15 is 0 Å². The van der Waals surface area contributed by atoms with E-state index in [4.69, 9.17) is 42.2 Å². The van der Waals surface area contributed by atoms with Gasteiger partial charge in [0, 0.05) is 5.02 Å². The number of aliphatic hydroxyl groups excluding tert-OH is 1. The van der Waals surface area contributed by atoms with Crippen LogP contribution in [-0.2, 0) is 9.59 Å². The van der Waals surface area contributed by atoms with Gasteiger partial charge < -0.3 is 21.1 Å². The zero-order valence-corrected chi connectivity index (χ0v) is 9.46. The van der Waals surface area contributed by atoms with Gasteiger partial charge in [0.25, 0.3) is 0 Å². The van der Waals surface area contributed by atoms with Crippen LogP contribution in [0.15, 0.2) is 24.3 Å². The smallest absolute Gasteiger partial charge is 0.414 e. The van der Waals surface area contributed by atoms with E-state index in [1.165, 1.54) is 0 Å². The monoisotopic (exact) mass is 261 g/mol. The third-order valence-electron chi connectivity index (χ3n) is 1.68. The number of nitrogens with two attached hydrogens (primary N) is 1. The third-order valence-corrected chi connectivity index (χ3v) is 1.93. The number of carboxylic acid groups (broad SMARTS) is 2.